The van der Waals surface area contributed by atoms with Crippen LogP contribution in [0.4, 0.5) is 0 Å². The predicted octanol–water partition coefficient (Wildman–Crippen LogP) is 0.582. The number of nitrogens with zero attached hydrogens (tertiary/aromatic N) is 4. The summed E-state index contributed by atoms with van der Waals surface area (Å²) in [6.45, 7) is 3.95. The summed E-state index contributed by atoms with van der Waals surface area (Å²) in [6, 6.07) is 7.60. The highest BCUT2D eigenvalue weighted by atomic mass is 35.5. The van der Waals surface area contributed by atoms with Gasteiger partial charge in [-0.1, -0.05) is 11.6 Å². The molecular weight excluding hydrogens is 250 g/mol. The van der Waals surface area contributed by atoms with E-state index in [0.717, 1.165) is 22.0 Å². The van der Waals surface area contributed by atoms with Crippen LogP contribution in [0.3, 0.4) is 0 Å². The number of hydrogen-bond donors (Lipinski definition) is 1. The molecule has 1 aliphatic heterocycles. The average molecular weight is 262 g/mol. The lowest BCUT2D eigenvalue weighted by molar-refractivity contribution is 0.514. The average Bonchev–Trinajstić information content (AvgIpc) is 2.68. The van der Waals surface area contributed by atoms with E-state index in [1.165, 1.54) is 0 Å². The first-order valence-electron chi connectivity index (χ1n) is 5.57. The van der Waals surface area contributed by atoms with Gasteiger partial charge in [0.2, 0.25) is 0 Å². The quantitative estimate of drug-likeness (QED) is 0.817. The number of hydrazine groups is 1. The molecule has 2 heterocycles. The highest BCUT2D eigenvalue weighted by Crippen LogP contribution is 2.03. The smallest absolute Gasteiger partial charge is 0.0953 e. The van der Waals surface area contributed by atoms with Crippen molar-refractivity contribution in [1.82, 2.24) is 15.4 Å². The highest BCUT2D eigenvalue weighted by molar-refractivity contribution is 6.30. The van der Waals surface area contributed by atoms with E-state index >= 15 is 0 Å². The lowest BCUT2D eigenvalue weighted by Gasteiger charge is -2.22. The Labute approximate surface area is 109 Å². The fraction of sp³-hybridized carbons (Fsp3) is 0.167. The van der Waals surface area contributed by atoms with Gasteiger partial charge in [0.1, 0.15) is 0 Å². The van der Waals surface area contributed by atoms with Gasteiger partial charge in [-0.3, -0.25) is 0 Å². The molecule has 0 saturated heterocycles. The molecule has 0 atom stereocenters. The zero-order valence-corrected chi connectivity index (χ0v) is 10.8. The van der Waals surface area contributed by atoms with Crippen LogP contribution in [0.1, 0.15) is 11.4 Å². The molecule has 1 aliphatic rings. The van der Waals surface area contributed by atoms with Gasteiger partial charge < -0.3 is 0 Å². The molecule has 92 valence electrons. The maximum Gasteiger partial charge on any atom is 0.0953 e. The minimum atomic E-state index is 0.673. The molecule has 1 aromatic heterocycles. The third-order valence-corrected chi connectivity index (χ3v) is 2.95. The maximum atomic E-state index is 5.93. The molecule has 1 aromatic carbocycles. The van der Waals surface area contributed by atoms with Crippen molar-refractivity contribution in [2.24, 2.45) is 5.10 Å². The molecule has 2 aromatic rings. The van der Waals surface area contributed by atoms with Crippen molar-refractivity contribution in [1.29, 1.82) is 0 Å². The Morgan fingerprint density at radius 2 is 2.06 bits per heavy atom. The molecule has 0 bridgehead atoms. The predicted molar refractivity (Wildman–Crippen MR) is 69.8 cm³/mol. The van der Waals surface area contributed by atoms with Crippen LogP contribution < -0.4 is 21.2 Å². The second kappa shape index (κ2) is 4.03. The van der Waals surface area contributed by atoms with Gasteiger partial charge in [0, 0.05) is 10.2 Å². The lowest BCUT2D eigenvalue weighted by Crippen LogP contribution is -2.48. The van der Waals surface area contributed by atoms with Crippen LogP contribution in [-0.4, -0.2) is 9.89 Å². The van der Waals surface area contributed by atoms with Gasteiger partial charge >= 0.3 is 0 Å². The number of benzene rings is 1. The molecule has 0 aliphatic carbocycles. The monoisotopic (exact) mass is 261 g/mol. The molecule has 3 rings (SSSR count). The van der Waals surface area contributed by atoms with E-state index in [4.69, 9.17) is 11.6 Å². The van der Waals surface area contributed by atoms with Crippen LogP contribution in [0, 0.1) is 13.8 Å². The molecule has 18 heavy (non-hydrogen) atoms. The second-order valence-corrected chi connectivity index (χ2v) is 4.64. The molecular formula is C12H12ClN5. The summed E-state index contributed by atoms with van der Waals surface area (Å²) in [5, 5.41) is 12.9. The van der Waals surface area contributed by atoms with Crippen molar-refractivity contribution in [2.75, 3.05) is 5.12 Å². The Balaban J connectivity index is 2.09. The van der Waals surface area contributed by atoms with Crippen LogP contribution in [0.2, 0.25) is 5.02 Å². The number of fused-ring (bicyclic) bond motifs is 1. The van der Waals surface area contributed by atoms with Crippen LogP contribution >= 0.6 is 11.6 Å². The van der Waals surface area contributed by atoms with Gasteiger partial charge in [0.25, 0.3) is 0 Å². The Morgan fingerprint density at radius 1 is 1.22 bits per heavy atom. The minimum Gasteiger partial charge on any atom is -0.197 e. The number of halogens is 1. The van der Waals surface area contributed by atoms with Crippen molar-refractivity contribution in [2.45, 2.75) is 13.8 Å². The minimum absolute atomic E-state index is 0.673. The summed E-state index contributed by atoms with van der Waals surface area (Å²) in [6.07, 6.45) is 1.93. The Morgan fingerprint density at radius 3 is 2.78 bits per heavy atom. The van der Waals surface area contributed by atoms with E-state index in [-0.39, 0.29) is 0 Å². The van der Waals surface area contributed by atoms with Gasteiger partial charge in [-0.05, 0) is 38.1 Å². The number of rotatable bonds is 1. The molecule has 0 radical (unpaired) electrons. The number of aromatic nitrogens is 2. The molecule has 1 N–H and O–H groups in total. The maximum absolute atomic E-state index is 5.93. The third kappa shape index (κ3) is 1.82. The third-order valence-electron chi connectivity index (χ3n) is 2.72. The van der Waals surface area contributed by atoms with E-state index in [2.05, 4.69) is 15.7 Å². The fourth-order valence-electron chi connectivity index (χ4n) is 1.92. The molecule has 0 saturated carbocycles. The molecule has 0 amide bonds. The Hall–Kier alpha value is -2.01. The van der Waals surface area contributed by atoms with Crippen molar-refractivity contribution in [3.8, 4) is 0 Å². The molecule has 0 unspecified atom stereocenters. The fourth-order valence-corrected chi connectivity index (χ4v) is 2.09. The van der Waals surface area contributed by atoms with Gasteiger partial charge in [-0.2, -0.15) is 25.6 Å². The van der Waals surface area contributed by atoms with Crippen molar-refractivity contribution in [3.63, 3.8) is 0 Å². The Bertz CT molecular complexity index is 719. The van der Waals surface area contributed by atoms with Crippen molar-refractivity contribution < 1.29 is 0 Å². The van der Waals surface area contributed by atoms with E-state index in [9.17, 15) is 0 Å². The standard InChI is InChI=1S/C12H12ClN5/c1-8-5-9(2)18(15-8)17-7-10-3-4-11(13)6-12(10)14-16-17/h3-7,16H,1-2H3. The van der Waals surface area contributed by atoms with Crippen molar-refractivity contribution >= 4 is 17.8 Å². The van der Waals surface area contributed by atoms with Gasteiger partial charge in [-0.15, -0.1) is 0 Å². The molecule has 0 fully saturated rings. The first-order chi connectivity index (χ1) is 8.63. The summed E-state index contributed by atoms with van der Waals surface area (Å²) in [7, 11) is 0. The normalized spacial score (nSPS) is 13.4. The summed E-state index contributed by atoms with van der Waals surface area (Å²) in [4.78, 5) is 1.76. The lowest BCUT2D eigenvalue weighted by atomic mass is 10.3. The number of aryl methyl sites for hydroxylation is 2. The van der Waals surface area contributed by atoms with E-state index < -0.39 is 0 Å². The first-order valence-corrected chi connectivity index (χ1v) is 5.95. The largest absolute Gasteiger partial charge is 0.197 e. The highest BCUT2D eigenvalue weighted by Gasteiger charge is 2.09. The first kappa shape index (κ1) is 11.1. The SMILES string of the molecule is Cc1cc(C)n(N2C=c3ccc(Cl)cc3=NN2)n1. The molecule has 6 heteroatoms. The van der Waals surface area contributed by atoms with E-state index in [0.29, 0.717) is 5.02 Å². The van der Waals surface area contributed by atoms with Crippen LogP contribution in [0.15, 0.2) is 29.4 Å². The molecule has 5 nitrogen and oxygen atoms in total. The Kier molecular flexibility index (Phi) is 2.48. The van der Waals surface area contributed by atoms with E-state index in [1.807, 2.05) is 44.3 Å². The molecule has 0 spiro atoms. The van der Waals surface area contributed by atoms with Crippen LogP contribution in [0.5, 0.6) is 0 Å². The summed E-state index contributed by atoms with van der Waals surface area (Å²) in [5.74, 6) is 0. The summed E-state index contributed by atoms with van der Waals surface area (Å²) in [5.41, 5.74) is 4.91. The number of hydrogen-bond acceptors (Lipinski definition) is 4. The van der Waals surface area contributed by atoms with Crippen molar-refractivity contribution in [3.05, 3.63) is 51.3 Å². The van der Waals surface area contributed by atoms with Crippen LogP contribution in [-0.2, 0) is 0 Å². The van der Waals surface area contributed by atoms with Gasteiger partial charge in [0.05, 0.1) is 22.9 Å². The number of nitrogens with one attached hydrogen (secondary N) is 1. The van der Waals surface area contributed by atoms with Crippen LogP contribution in [0.25, 0.3) is 6.20 Å². The van der Waals surface area contributed by atoms with Gasteiger partial charge in [0.15, 0.2) is 0 Å². The topological polar surface area (TPSA) is 45.5 Å². The zero-order valence-electron chi connectivity index (χ0n) is 10.1. The zero-order chi connectivity index (χ0) is 12.7. The summed E-state index contributed by atoms with van der Waals surface area (Å²) >= 11 is 5.93. The van der Waals surface area contributed by atoms with Gasteiger partial charge in [-0.25, -0.2) is 0 Å². The second-order valence-electron chi connectivity index (χ2n) is 4.21. The van der Waals surface area contributed by atoms with E-state index in [1.54, 1.807) is 9.91 Å². The summed E-state index contributed by atoms with van der Waals surface area (Å²) < 4.78 is 0.